The third-order valence-corrected chi connectivity index (χ3v) is 8.87. The van der Waals surface area contributed by atoms with Gasteiger partial charge in [0.25, 0.3) is 0 Å². The van der Waals surface area contributed by atoms with Gasteiger partial charge in [-0.2, -0.15) is 26.3 Å². The molecular weight excluding hydrogens is 714 g/mol. The summed E-state index contributed by atoms with van der Waals surface area (Å²) in [4.78, 5) is 48.7. The number of alkyl halides is 6. The first-order valence-electron chi connectivity index (χ1n) is 15.7. The molecule has 19 heteroatoms. The van der Waals surface area contributed by atoms with Crippen LogP contribution >= 0.6 is 11.3 Å². The quantitative estimate of drug-likeness (QED) is 0.131. The van der Waals surface area contributed by atoms with Gasteiger partial charge < -0.3 is 36.0 Å². The van der Waals surface area contributed by atoms with Gasteiger partial charge in [0, 0.05) is 45.2 Å². The first kappa shape index (κ1) is 42.8. The largest absolute Gasteiger partial charge is 0.508 e. The molecule has 0 spiro atoms. The van der Waals surface area contributed by atoms with Crippen LogP contribution in [0.1, 0.15) is 49.7 Å². The Morgan fingerprint density at radius 2 is 1.37 bits per heavy atom. The Bertz CT molecular complexity index is 1600. The fraction of sp³-hybridized carbons (Fsp3) is 0.500. The topological polar surface area (TPSA) is 197 Å². The van der Waals surface area contributed by atoms with Crippen molar-refractivity contribution in [1.29, 1.82) is 0 Å². The summed E-state index contributed by atoms with van der Waals surface area (Å²) in [6.07, 6.45) is -2.04. The van der Waals surface area contributed by atoms with Crippen LogP contribution in [0.2, 0.25) is 0 Å². The number of carboxylic acid groups (broad SMARTS) is 2. The van der Waals surface area contributed by atoms with E-state index >= 15 is 0 Å². The fourth-order valence-corrected chi connectivity index (χ4v) is 6.18. The molecule has 0 unspecified atom stereocenters. The number of aromatic hydroxyl groups is 2. The standard InChI is InChI=1S/C28H38N4O4S.2C2HF3O2/c29-25(35)14-16-31(15-12-20-6-9-23(33)10-7-20)18-19-32(22-4-2-1-3-5-22)17-13-21-8-11-24(34)26-27(21)37-28(36)30-26;2*3-2(4,5)1(6)7/h6-11,22,33-34H,1-5,12-19H2,(H2,29,35)(H,30,36);2*(H,6,7). The average Bonchev–Trinajstić information content (AvgIpc) is 3.46. The van der Waals surface area contributed by atoms with Crippen molar-refractivity contribution >= 4 is 39.4 Å². The highest BCUT2D eigenvalue weighted by Gasteiger charge is 2.39. The number of fused-ring (bicyclic) bond motifs is 1. The molecule has 7 N–H and O–H groups in total. The maximum atomic E-state index is 11.9. The SMILES string of the molecule is NC(=O)CCN(CCc1ccc(O)cc1)CCN(CCc1ccc(O)c2[nH]c(=O)sc12)C1CCCCC1.O=C(O)C(F)(F)F.O=C(O)C(F)(F)F. The second kappa shape index (κ2) is 19.9. The molecular formula is C32H40F6N4O8S. The summed E-state index contributed by atoms with van der Waals surface area (Å²) < 4.78 is 64.3. The Morgan fingerprint density at radius 3 is 1.90 bits per heavy atom. The molecule has 284 valence electrons. The second-order valence-electron chi connectivity index (χ2n) is 11.6. The summed E-state index contributed by atoms with van der Waals surface area (Å²) in [5, 5.41) is 34.0. The van der Waals surface area contributed by atoms with Gasteiger partial charge in [0.2, 0.25) is 5.91 Å². The number of aromatic amines is 1. The van der Waals surface area contributed by atoms with Gasteiger partial charge in [-0.3, -0.25) is 14.5 Å². The molecule has 4 rings (SSSR count). The second-order valence-corrected chi connectivity index (χ2v) is 12.6. The zero-order valence-corrected chi connectivity index (χ0v) is 28.1. The molecule has 0 radical (unpaired) electrons. The van der Waals surface area contributed by atoms with Crippen molar-refractivity contribution in [1.82, 2.24) is 14.8 Å². The van der Waals surface area contributed by atoms with Crippen molar-refractivity contribution in [3.8, 4) is 11.5 Å². The van der Waals surface area contributed by atoms with E-state index in [-0.39, 0.29) is 22.3 Å². The molecule has 1 amide bonds. The Morgan fingerprint density at radius 1 is 0.804 bits per heavy atom. The number of aliphatic carboxylic acids is 2. The molecule has 51 heavy (non-hydrogen) atoms. The average molecular weight is 755 g/mol. The lowest BCUT2D eigenvalue weighted by Crippen LogP contribution is -2.44. The summed E-state index contributed by atoms with van der Waals surface area (Å²) in [7, 11) is 0. The van der Waals surface area contributed by atoms with E-state index in [2.05, 4.69) is 14.8 Å². The van der Waals surface area contributed by atoms with Gasteiger partial charge >= 0.3 is 29.2 Å². The molecule has 0 atom stereocenters. The molecule has 0 saturated heterocycles. The van der Waals surface area contributed by atoms with E-state index in [1.165, 1.54) is 32.1 Å². The van der Waals surface area contributed by atoms with Crippen LogP contribution in [0.5, 0.6) is 11.5 Å². The van der Waals surface area contributed by atoms with Crippen molar-refractivity contribution in [3.63, 3.8) is 0 Å². The number of phenols is 2. The number of carbonyl (C=O) groups excluding carboxylic acids is 1. The predicted molar refractivity (Wildman–Crippen MR) is 176 cm³/mol. The number of carbonyl (C=O) groups is 3. The molecule has 12 nitrogen and oxygen atoms in total. The zero-order valence-electron chi connectivity index (χ0n) is 27.3. The Labute approximate surface area is 292 Å². The summed E-state index contributed by atoms with van der Waals surface area (Å²) in [5.41, 5.74) is 8.22. The molecule has 1 aromatic heterocycles. The molecule has 2 aromatic carbocycles. The third-order valence-electron chi connectivity index (χ3n) is 7.91. The van der Waals surface area contributed by atoms with E-state index in [0.29, 0.717) is 24.5 Å². The summed E-state index contributed by atoms with van der Waals surface area (Å²) in [5.74, 6) is -5.43. The minimum atomic E-state index is -5.08. The number of amides is 1. The molecule has 1 heterocycles. The number of phenolic OH excluding ortho intramolecular Hbond substituents is 2. The summed E-state index contributed by atoms with van der Waals surface area (Å²) in [6, 6.07) is 11.4. The van der Waals surface area contributed by atoms with Crippen LogP contribution in [0.25, 0.3) is 10.2 Å². The van der Waals surface area contributed by atoms with Gasteiger partial charge in [-0.15, -0.1) is 0 Å². The van der Waals surface area contributed by atoms with Crippen LogP contribution in [-0.4, -0.2) is 104 Å². The van der Waals surface area contributed by atoms with Gasteiger partial charge in [-0.25, -0.2) is 9.59 Å². The van der Waals surface area contributed by atoms with Crippen molar-refractivity contribution in [3.05, 3.63) is 57.2 Å². The van der Waals surface area contributed by atoms with E-state index < -0.39 is 24.3 Å². The maximum absolute atomic E-state index is 11.9. The van der Waals surface area contributed by atoms with Crippen LogP contribution in [0.3, 0.4) is 0 Å². The number of H-pyrrole nitrogens is 1. The van der Waals surface area contributed by atoms with E-state index in [0.717, 1.165) is 66.2 Å². The van der Waals surface area contributed by atoms with E-state index in [1.54, 1.807) is 18.2 Å². The number of hydrogen-bond donors (Lipinski definition) is 6. The number of benzene rings is 2. The number of halogens is 6. The molecule has 1 saturated carbocycles. The normalized spacial score (nSPS) is 13.7. The summed E-state index contributed by atoms with van der Waals surface area (Å²) >= 11 is 1.16. The molecule has 1 aliphatic rings. The van der Waals surface area contributed by atoms with E-state index in [4.69, 9.17) is 25.5 Å². The molecule has 0 bridgehead atoms. The number of carboxylic acids is 2. The Kier molecular flexibility index (Phi) is 16.7. The van der Waals surface area contributed by atoms with Crippen molar-refractivity contribution < 1.29 is 61.2 Å². The zero-order chi connectivity index (χ0) is 38.4. The number of rotatable bonds is 13. The van der Waals surface area contributed by atoms with Gasteiger partial charge in [0.05, 0.1) is 4.70 Å². The number of nitrogens with two attached hydrogens (primary N) is 1. The number of nitrogens with zero attached hydrogens (tertiary/aromatic N) is 2. The smallest absolute Gasteiger partial charge is 0.490 e. The first-order valence-corrected chi connectivity index (χ1v) is 16.6. The summed E-state index contributed by atoms with van der Waals surface area (Å²) in [6.45, 7) is 4.04. The number of nitrogens with one attached hydrogen (secondary N) is 1. The number of hydrogen-bond acceptors (Lipinski definition) is 9. The van der Waals surface area contributed by atoms with Crippen LogP contribution in [0.4, 0.5) is 26.3 Å². The van der Waals surface area contributed by atoms with Crippen LogP contribution in [0.15, 0.2) is 41.2 Å². The van der Waals surface area contributed by atoms with E-state index in [9.17, 15) is 46.1 Å². The third kappa shape index (κ3) is 15.6. The van der Waals surface area contributed by atoms with Gasteiger partial charge in [0.1, 0.15) is 17.0 Å². The van der Waals surface area contributed by atoms with Gasteiger partial charge in [0.15, 0.2) is 0 Å². The van der Waals surface area contributed by atoms with Gasteiger partial charge in [-0.05, 0) is 55.0 Å². The van der Waals surface area contributed by atoms with Crippen LogP contribution in [-0.2, 0) is 27.2 Å². The van der Waals surface area contributed by atoms with Crippen molar-refractivity contribution in [2.24, 2.45) is 5.73 Å². The first-order chi connectivity index (χ1) is 23.8. The lowest BCUT2D eigenvalue weighted by molar-refractivity contribution is -0.193. The molecule has 1 aliphatic carbocycles. The lowest BCUT2D eigenvalue weighted by atomic mass is 9.93. The molecule has 3 aromatic rings. The Hall–Kier alpha value is -4.36. The number of primary amides is 1. The predicted octanol–water partition coefficient (Wildman–Crippen LogP) is 4.86. The lowest BCUT2D eigenvalue weighted by Gasteiger charge is -2.36. The highest BCUT2D eigenvalue weighted by Crippen LogP contribution is 2.29. The maximum Gasteiger partial charge on any atom is 0.490 e. The van der Waals surface area contributed by atoms with Crippen LogP contribution in [0, 0.1) is 0 Å². The Balaban J connectivity index is 0.000000543. The fourth-order valence-electron chi connectivity index (χ4n) is 5.28. The van der Waals surface area contributed by atoms with Crippen LogP contribution < -0.4 is 10.6 Å². The molecule has 1 fully saturated rings. The van der Waals surface area contributed by atoms with E-state index in [1.807, 2.05) is 18.2 Å². The minimum absolute atomic E-state index is 0.111. The van der Waals surface area contributed by atoms with Crippen molar-refractivity contribution in [2.45, 2.75) is 69.8 Å². The minimum Gasteiger partial charge on any atom is -0.508 e. The number of aromatic nitrogens is 1. The highest BCUT2D eigenvalue weighted by atomic mass is 32.1. The molecule has 0 aliphatic heterocycles. The monoisotopic (exact) mass is 754 g/mol. The van der Waals surface area contributed by atoms with Crippen molar-refractivity contribution in [2.75, 3.05) is 32.7 Å². The van der Waals surface area contributed by atoms with Gasteiger partial charge in [-0.1, -0.05) is 48.8 Å². The number of thiazole rings is 1. The highest BCUT2D eigenvalue weighted by molar-refractivity contribution is 7.16.